The molecule has 9 heteroatoms. The zero-order valence-electron chi connectivity index (χ0n) is 15.2. The molecule has 1 atom stereocenters. The van der Waals surface area contributed by atoms with Gasteiger partial charge in [0.2, 0.25) is 26.6 Å². The van der Waals surface area contributed by atoms with Gasteiger partial charge in [0.25, 0.3) is 5.91 Å². The van der Waals surface area contributed by atoms with Gasteiger partial charge < -0.3 is 13.8 Å². The molecule has 8 nitrogen and oxygen atoms in total. The van der Waals surface area contributed by atoms with Crippen LogP contribution >= 0.6 is 0 Å². The van der Waals surface area contributed by atoms with Crippen LogP contribution < -0.4 is 0 Å². The first-order valence-corrected chi connectivity index (χ1v) is 10.8. The number of rotatable bonds is 4. The summed E-state index contributed by atoms with van der Waals surface area (Å²) in [6.07, 6.45) is 3.47. The van der Waals surface area contributed by atoms with Crippen molar-refractivity contribution in [2.75, 3.05) is 12.8 Å². The normalized spacial score (nSPS) is 17.6. The topological polar surface area (TPSA) is 107 Å². The molecule has 1 aliphatic heterocycles. The predicted molar refractivity (Wildman–Crippen MR) is 99.2 cm³/mol. The molecular weight excluding hydrogens is 382 g/mol. The minimum absolute atomic E-state index is 0.0184. The maximum absolute atomic E-state index is 12.9. The van der Waals surface area contributed by atoms with E-state index in [1.165, 1.54) is 12.1 Å². The molecule has 1 saturated heterocycles. The first-order chi connectivity index (χ1) is 13.4. The molecule has 1 fully saturated rings. The predicted octanol–water partition coefficient (Wildman–Crippen LogP) is 3.10. The van der Waals surface area contributed by atoms with E-state index in [1.54, 1.807) is 4.90 Å². The lowest BCUT2D eigenvalue weighted by molar-refractivity contribution is 0.0524. The molecule has 2 aromatic heterocycles. The van der Waals surface area contributed by atoms with Crippen LogP contribution in [0.1, 0.15) is 41.7 Å². The molecule has 0 aliphatic carbocycles. The Bertz CT molecular complexity index is 1090. The lowest BCUT2D eigenvalue weighted by atomic mass is 10.0. The van der Waals surface area contributed by atoms with Crippen molar-refractivity contribution in [3.8, 4) is 11.4 Å². The third kappa shape index (κ3) is 3.57. The van der Waals surface area contributed by atoms with Crippen molar-refractivity contribution >= 4 is 15.7 Å². The number of hydrogen-bond acceptors (Lipinski definition) is 7. The van der Waals surface area contributed by atoms with E-state index >= 15 is 0 Å². The van der Waals surface area contributed by atoms with Crippen molar-refractivity contribution in [1.29, 1.82) is 0 Å². The Labute approximate surface area is 162 Å². The summed E-state index contributed by atoms with van der Waals surface area (Å²) < 4.78 is 34.0. The fraction of sp³-hybridized carbons (Fsp3) is 0.316. The quantitative estimate of drug-likeness (QED) is 0.661. The first kappa shape index (κ1) is 18.4. The Morgan fingerprint density at radius 1 is 1.14 bits per heavy atom. The van der Waals surface area contributed by atoms with E-state index in [9.17, 15) is 13.2 Å². The van der Waals surface area contributed by atoms with Crippen LogP contribution in [-0.2, 0) is 9.84 Å². The zero-order valence-corrected chi connectivity index (χ0v) is 16.1. The molecule has 0 N–H and O–H groups in total. The van der Waals surface area contributed by atoms with Crippen LogP contribution in [0.5, 0.6) is 0 Å². The van der Waals surface area contributed by atoms with Gasteiger partial charge in [-0.05, 0) is 31.4 Å². The molecular formula is C19H19N3O5S. The summed E-state index contributed by atoms with van der Waals surface area (Å²) in [5.74, 6) is 0.418. The SMILES string of the molecule is CS(=O)(=O)c1ccc(C(=O)N2CCCCC2c2nc(-c3ccccc3)no2)o1. The second-order valence-corrected chi connectivity index (χ2v) is 8.67. The number of benzene rings is 1. The zero-order chi connectivity index (χ0) is 19.7. The number of piperidine rings is 1. The van der Waals surface area contributed by atoms with Gasteiger partial charge in [-0.15, -0.1) is 0 Å². The lowest BCUT2D eigenvalue weighted by Gasteiger charge is -2.32. The van der Waals surface area contributed by atoms with Gasteiger partial charge >= 0.3 is 0 Å². The largest absolute Gasteiger partial charge is 0.440 e. The van der Waals surface area contributed by atoms with Crippen LogP contribution in [0.25, 0.3) is 11.4 Å². The molecule has 1 aliphatic rings. The average Bonchev–Trinajstić information content (AvgIpc) is 3.38. The van der Waals surface area contributed by atoms with Crippen LogP contribution in [0.15, 0.2) is 56.5 Å². The molecule has 3 aromatic rings. The lowest BCUT2D eigenvalue weighted by Crippen LogP contribution is -2.38. The minimum atomic E-state index is -3.52. The third-order valence-corrected chi connectivity index (χ3v) is 5.63. The third-order valence-electron chi connectivity index (χ3n) is 4.68. The summed E-state index contributed by atoms with van der Waals surface area (Å²) in [5, 5.41) is 3.81. The molecule has 0 radical (unpaired) electrons. The van der Waals surface area contributed by atoms with Gasteiger partial charge in [-0.1, -0.05) is 35.5 Å². The Hall–Kier alpha value is -2.94. The molecule has 3 heterocycles. The molecule has 1 amide bonds. The van der Waals surface area contributed by atoms with Gasteiger partial charge in [0.05, 0.1) is 0 Å². The minimum Gasteiger partial charge on any atom is -0.440 e. The number of likely N-dealkylation sites (tertiary alicyclic amines) is 1. The number of furan rings is 1. The maximum Gasteiger partial charge on any atom is 0.290 e. The molecule has 28 heavy (non-hydrogen) atoms. The van der Waals surface area contributed by atoms with E-state index in [0.717, 1.165) is 24.7 Å². The van der Waals surface area contributed by atoms with Gasteiger partial charge in [-0.2, -0.15) is 4.98 Å². The average molecular weight is 401 g/mol. The molecule has 4 rings (SSSR count). The van der Waals surface area contributed by atoms with Gasteiger partial charge in [0.15, 0.2) is 5.76 Å². The second kappa shape index (κ2) is 7.23. The van der Waals surface area contributed by atoms with Crippen molar-refractivity contribution in [2.24, 2.45) is 0 Å². The summed E-state index contributed by atoms with van der Waals surface area (Å²) in [7, 11) is -3.52. The number of carbonyl (C=O) groups is 1. The Kier molecular flexibility index (Phi) is 4.76. The van der Waals surface area contributed by atoms with E-state index in [2.05, 4.69) is 10.1 Å². The van der Waals surface area contributed by atoms with E-state index in [-0.39, 0.29) is 22.8 Å². The molecule has 0 saturated carbocycles. The van der Waals surface area contributed by atoms with Crippen molar-refractivity contribution in [2.45, 2.75) is 30.4 Å². The smallest absolute Gasteiger partial charge is 0.290 e. The molecule has 0 bridgehead atoms. The van der Waals surface area contributed by atoms with E-state index < -0.39 is 9.84 Å². The van der Waals surface area contributed by atoms with Crippen molar-refractivity contribution in [1.82, 2.24) is 15.0 Å². The van der Waals surface area contributed by atoms with Gasteiger partial charge in [0.1, 0.15) is 6.04 Å². The highest BCUT2D eigenvalue weighted by Crippen LogP contribution is 2.32. The Morgan fingerprint density at radius 2 is 1.93 bits per heavy atom. The number of nitrogens with zero attached hydrogens (tertiary/aromatic N) is 3. The first-order valence-electron chi connectivity index (χ1n) is 8.93. The summed E-state index contributed by atoms with van der Waals surface area (Å²) in [5.41, 5.74) is 0.829. The Morgan fingerprint density at radius 3 is 2.64 bits per heavy atom. The maximum atomic E-state index is 12.9. The van der Waals surface area contributed by atoms with E-state index in [1.807, 2.05) is 30.3 Å². The van der Waals surface area contributed by atoms with Gasteiger partial charge in [-0.25, -0.2) is 8.42 Å². The summed E-state index contributed by atoms with van der Waals surface area (Å²) >= 11 is 0. The Balaban J connectivity index is 1.61. The van der Waals surface area contributed by atoms with E-state index in [4.69, 9.17) is 8.94 Å². The fourth-order valence-corrected chi connectivity index (χ4v) is 3.84. The van der Waals surface area contributed by atoms with Crippen LogP contribution in [0.2, 0.25) is 0 Å². The number of carbonyl (C=O) groups excluding carboxylic acids is 1. The highest BCUT2D eigenvalue weighted by molar-refractivity contribution is 7.90. The van der Waals surface area contributed by atoms with Crippen LogP contribution in [0.4, 0.5) is 0 Å². The van der Waals surface area contributed by atoms with Crippen molar-refractivity contribution in [3.63, 3.8) is 0 Å². The molecule has 0 spiro atoms. The molecule has 1 aromatic carbocycles. The molecule has 1 unspecified atom stereocenters. The summed E-state index contributed by atoms with van der Waals surface area (Å²) in [6, 6.07) is 11.7. The number of aromatic nitrogens is 2. The number of sulfone groups is 1. The van der Waals surface area contributed by atoms with Gasteiger partial charge in [-0.3, -0.25) is 4.79 Å². The van der Waals surface area contributed by atoms with Crippen molar-refractivity contribution < 1.29 is 22.2 Å². The van der Waals surface area contributed by atoms with E-state index in [0.29, 0.717) is 24.7 Å². The van der Waals surface area contributed by atoms with Crippen LogP contribution in [-0.4, -0.2) is 42.2 Å². The standard InChI is InChI=1S/C19H19N3O5S/c1-28(24,25)16-11-10-15(26-16)19(23)22-12-6-5-9-14(22)18-20-17(21-27-18)13-7-3-2-4-8-13/h2-4,7-8,10-11,14H,5-6,9,12H2,1H3. The number of amides is 1. The number of hydrogen-bond donors (Lipinski definition) is 0. The van der Waals surface area contributed by atoms with Crippen molar-refractivity contribution in [3.05, 3.63) is 54.1 Å². The summed E-state index contributed by atoms with van der Waals surface area (Å²) in [4.78, 5) is 19.0. The fourth-order valence-electron chi connectivity index (χ4n) is 3.28. The molecule has 146 valence electrons. The summed E-state index contributed by atoms with van der Waals surface area (Å²) in [6.45, 7) is 0.501. The second-order valence-electron chi connectivity index (χ2n) is 6.72. The highest BCUT2D eigenvalue weighted by atomic mass is 32.2. The van der Waals surface area contributed by atoms with Gasteiger partial charge in [0, 0.05) is 18.4 Å². The monoisotopic (exact) mass is 401 g/mol. The van der Waals surface area contributed by atoms with Crippen LogP contribution in [0.3, 0.4) is 0 Å². The highest BCUT2D eigenvalue weighted by Gasteiger charge is 2.34. The van der Waals surface area contributed by atoms with Crippen LogP contribution in [0, 0.1) is 0 Å².